The van der Waals surface area contributed by atoms with Crippen molar-refractivity contribution in [3.8, 4) is 0 Å². The van der Waals surface area contributed by atoms with Gasteiger partial charge in [0.25, 0.3) is 0 Å². The molecule has 0 saturated carbocycles. The van der Waals surface area contributed by atoms with Gasteiger partial charge in [0.15, 0.2) is 0 Å². The summed E-state index contributed by atoms with van der Waals surface area (Å²) in [5.74, 6) is -0.862. The molecule has 0 spiro atoms. The fourth-order valence-electron chi connectivity index (χ4n) is 3.31. The number of amides is 2. The van der Waals surface area contributed by atoms with Crippen LogP contribution in [0.1, 0.15) is 55.3 Å². The monoisotopic (exact) mass is 360 g/mol. The predicted molar refractivity (Wildman–Crippen MR) is 93.2 cm³/mol. The quantitative estimate of drug-likeness (QED) is 0.592. The molecule has 0 aromatic heterocycles. The Balaban J connectivity index is 1.64. The van der Waals surface area contributed by atoms with Crippen molar-refractivity contribution in [1.82, 2.24) is 10.2 Å². The van der Waals surface area contributed by atoms with E-state index in [4.69, 9.17) is 9.47 Å². The number of benzene rings is 1. The lowest BCUT2D eigenvalue weighted by Crippen LogP contribution is -2.46. The van der Waals surface area contributed by atoms with E-state index in [2.05, 4.69) is 5.32 Å². The van der Waals surface area contributed by atoms with Gasteiger partial charge in [0, 0.05) is 25.1 Å². The predicted octanol–water partition coefficient (Wildman–Crippen LogP) is 1.78. The molecule has 2 aliphatic heterocycles. The third-order valence-electron chi connectivity index (χ3n) is 4.55. The average molecular weight is 360 g/mol. The highest BCUT2D eigenvalue weighted by molar-refractivity contribution is 5.96. The van der Waals surface area contributed by atoms with Gasteiger partial charge < -0.3 is 14.8 Å². The summed E-state index contributed by atoms with van der Waals surface area (Å²) in [5.41, 5.74) is 1.08. The molecule has 2 amide bonds. The number of rotatable bonds is 7. The number of carbonyl (C=O) groups is 3. The molecule has 3 rings (SSSR count). The molecule has 2 aliphatic rings. The SMILES string of the molecule is CC(C)OCCCNC(=O)[C@H]1CCC(=O)N1[C@H]1OC(=O)c2ccccc21. The summed E-state index contributed by atoms with van der Waals surface area (Å²) in [6, 6.07) is 6.34. The number of hydrogen-bond acceptors (Lipinski definition) is 5. The highest BCUT2D eigenvalue weighted by Gasteiger charge is 2.46. The summed E-state index contributed by atoms with van der Waals surface area (Å²) < 4.78 is 10.8. The molecule has 1 saturated heterocycles. The fraction of sp³-hybridized carbons (Fsp3) is 0.526. The van der Waals surface area contributed by atoms with Crippen LogP contribution in [-0.2, 0) is 19.1 Å². The van der Waals surface area contributed by atoms with Crippen molar-refractivity contribution in [2.24, 2.45) is 0 Å². The second-order valence-corrected chi connectivity index (χ2v) is 6.76. The molecule has 1 fully saturated rings. The van der Waals surface area contributed by atoms with Crippen molar-refractivity contribution in [1.29, 1.82) is 0 Å². The van der Waals surface area contributed by atoms with Crippen LogP contribution >= 0.6 is 0 Å². The maximum absolute atomic E-state index is 12.6. The lowest BCUT2D eigenvalue weighted by molar-refractivity contribution is -0.145. The molecule has 2 heterocycles. The zero-order valence-corrected chi connectivity index (χ0v) is 15.1. The van der Waals surface area contributed by atoms with E-state index in [1.807, 2.05) is 13.8 Å². The Morgan fingerprint density at radius 2 is 2.12 bits per heavy atom. The van der Waals surface area contributed by atoms with E-state index in [-0.39, 0.29) is 24.3 Å². The van der Waals surface area contributed by atoms with Crippen molar-refractivity contribution in [2.45, 2.75) is 51.5 Å². The second-order valence-electron chi connectivity index (χ2n) is 6.76. The first-order valence-corrected chi connectivity index (χ1v) is 8.99. The topological polar surface area (TPSA) is 84.9 Å². The van der Waals surface area contributed by atoms with E-state index in [9.17, 15) is 14.4 Å². The van der Waals surface area contributed by atoms with Gasteiger partial charge in [-0.2, -0.15) is 0 Å². The van der Waals surface area contributed by atoms with E-state index in [0.29, 0.717) is 37.1 Å². The average Bonchev–Trinajstić information content (AvgIpc) is 3.15. The highest BCUT2D eigenvalue weighted by Crippen LogP contribution is 2.38. The molecular weight excluding hydrogens is 336 g/mol. The van der Waals surface area contributed by atoms with E-state index in [1.165, 1.54) is 4.90 Å². The van der Waals surface area contributed by atoms with E-state index >= 15 is 0 Å². The molecular formula is C19H24N2O5. The van der Waals surface area contributed by atoms with Gasteiger partial charge in [0.1, 0.15) is 6.04 Å². The van der Waals surface area contributed by atoms with Gasteiger partial charge in [-0.25, -0.2) is 4.79 Å². The van der Waals surface area contributed by atoms with Crippen molar-refractivity contribution in [3.63, 3.8) is 0 Å². The number of nitrogens with one attached hydrogen (secondary N) is 1. The van der Waals surface area contributed by atoms with E-state index < -0.39 is 18.2 Å². The highest BCUT2D eigenvalue weighted by atomic mass is 16.6. The zero-order chi connectivity index (χ0) is 18.7. The first kappa shape index (κ1) is 18.4. The van der Waals surface area contributed by atoms with Crippen LogP contribution in [0.3, 0.4) is 0 Å². The summed E-state index contributed by atoms with van der Waals surface area (Å²) in [4.78, 5) is 38.4. The van der Waals surface area contributed by atoms with Crippen LogP contribution in [0.25, 0.3) is 0 Å². The minimum Gasteiger partial charge on any atom is -0.433 e. The molecule has 2 atom stereocenters. The normalized spacial score (nSPS) is 21.9. The number of fused-ring (bicyclic) bond motifs is 1. The van der Waals surface area contributed by atoms with Gasteiger partial charge in [0.05, 0.1) is 11.7 Å². The molecule has 140 valence electrons. The third kappa shape index (κ3) is 3.72. The number of likely N-dealkylation sites (tertiary alicyclic amines) is 1. The number of esters is 1. The van der Waals surface area contributed by atoms with Gasteiger partial charge in [-0.3, -0.25) is 14.5 Å². The smallest absolute Gasteiger partial charge is 0.340 e. The molecule has 26 heavy (non-hydrogen) atoms. The fourth-order valence-corrected chi connectivity index (χ4v) is 3.31. The summed E-state index contributed by atoms with van der Waals surface area (Å²) >= 11 is 0. The number of cyclic esters (lactones) is 1. The van der Waals surface area contributed by atoms with Crippen molar-refractivity contribution >= 4 is 17.8 Å². The van der Waals surface area contributed by atoms with Crippen LogP contribution in [0.5, 0.6) is 0 Å². The Bertz CT molecular complexity index is 703. The molecule has 0 bridgehead atoms. The number of ether oxygens (including phenoxy) is 2. The largest absolute Gasteiger partial charge is 0.433 e. The molecule has 1 N–H and O–H groups in total. The Labute approximate surface area is 152 Å². The zero-order valence-electron chi connectivity index (χ0n) is 15.1. The lowest BCUT2D eigenvalue weighted by atomic mass is 10.1. The van der Waals surface area contributed by atoms with Gasteiger partial charge in [0.2, 0.25) is 18.0 Å². The molecule has 7 nitrogen and oxygen atoms in total. The maximum Gasteiger partial charge on any atom is 0.340 e. The van der Waals surface area contributed by atoms with Crippen LogP contribution in [-0.4, -0.2) is 48.0 Å². The van der Waals surface area contributed by atoms with Crippen molar-refractivity contribution in [2.75, 3.05) is 13.2 Å². The molecule has 1 aromatic rings. The first-order chi connectivity index (χ1) is 12.5. The standard InChI is InChI=1S/C19H24N2O5/c1-12(2)25-11-5-10-20-17(23)15-8-9-16(22)21(15)18-13-6-3-4-7-14(13)19(24)26-18/h3-4,6-7,12,15,18H,5,8-11H2,1-2H3,(H,20,23)/t15-,18+/m1/s1. The number of carbonyl (C=O) groups excluding carboxylic acids is 3. The Morgan fingerprint density at radius 1 is 1.35 bits per heavy atom. The Kier molecular flexibility index (Phi) is 5.56. The second kappa shape index (κ2) is 7.86. The molecule has 0 unspecified atom stereocenters. The van der Waals surface area contributed by atoms with E-state index in [0.717, 1.165) is 0 Å². The van der Waals surface area contributed by atoms with E-state index in [1.54, 1.807) is 24.3 Å². The summed E-state index contributed by atoms with van der Waals surface area (Å²) in [5, 5.41) is 2.85. The summed E-state index contributed by atoms with van der Waals surface area (Å²) in [6.07, 6.45) is 0.722. The summed E-state index contributed by atoms with van der Waals surface area (Å²) in [6.45, 7) is 4.96. The summed E-state index contributed by atoms with van der Waals surface area (Å²) in [7, 11) is 0. The van der Waals surface area contributed by atoms with Crippen molar-refractivity contribution in [3.05, 3.63) is 35.4 Å². The number of nitrogens with zero attached hydrogens (tertiary/aromatic N) is 1. The molecule has 7 heteroatoms. The van der Waals surface area contributed by atoms with Crippen LogP contribution in [0, 0.1) is 0 Å². The number of hydrogen-bond donors (Lipinski definition) is 1. The maximum atomic E-state index is 12.6. The van der Waals surface area contributed by atoms with Crippen LogP contribution < -0.4 is 5.32 Å². The molecule has 0 aliphatic carbocycles. The van der Waals surface area contributed by atoms with Crippen LogP contribution in [0.15, 0.2) is 24.3 Å². The molecule has 0 radical (unpaired) electrons. The van der Waals surface area contributed by atoms with Crippen LogP contribution in [0.4, 0.5) is 0 Å². The minimum atomic E-state index is -0.825. The van der Waals surface area contributed by atoms with Crippen molar-refractivity contribution < 1.29 is 23.9 Å². The minimum absolute atomic E-state index is 0.158. The first-order valence-electron chi connectivity index (χ1n) is 8.99. The Hall–Kier alpha value is -2.41. The van der Waals surface area contributed by atoms with Gasteiger partial charge in [-0.15, -0.1) is 0 Å². The van der Waals surface area contributed by atoms with Gasteiger partial charge in [-0.1, -0.05) is 18.2 Å². The molecule has 1 aromatic carbocycles. The van der Waals surface area contributed by atoms with Gasteiger partial charge >= 0.3 is 5.97 Å². The van der Waals surface area contributed by atoms with Crippen LogP contribution in [0.2, 0.25) is 0 Å². The lowest BCUT2D eigenvalue weighted by Gasteiger charge is -2.29. The Morgan fingerprint density at radius 3 is 2.88 bits per heavy atom. The van der Waals surface area contributed by atoms with Gasteiger partial charge in [-0.05, 0) is 32.8 Å². The third-order valence-corrected chi connectivity index (χ3v) is 4.55.